The molecule has 3 rings (SSSR count). The third-order valence-corrected chi connectivity index (χ3v) is 4.71. The number of fused-ring (bicyclic) bond motifs is 1. The minimum absolute atomic E-state index is 0.0839. The van der Waals surface area contributed by atoms with Crippen molar-refractivity contribution in [3.05, 3.63) is 35.8 Å². The van der Waals surface area contributed by atoms with Crippen molar-refractivity contribution in [3.8, 4) is 0 Å². The minimum atomic E-state index is -0.471. The molecule has 1 aromatic heterocycles. The van der Waals surface area contributed by atoms with E-state index in [1.807, 2.05) is 0 Å². The molecule has 27 heavy (non-hydrogen) atoms. The first-order chi connectivity index (χ1) is 12.9. The summed E-state index contributed by atoms with van der Waals surface area (Å²) in [6.45, 7) is 4.45. The van der Waals surface area contributed by atoms with Crippen LogP contribution in [0, 0.1) is 5.82 Å². The fraction of sp³-hybridized carbons (Fsp3) is 0.421. The first-order valence-electron chi connectivity index (χ1n) is 8.94. The van der Waals surface area contributed by atoms with Crippen LogP contribution in [0.3, 0.4) is 0 Å². The molecule has 1 aliphatic heterocycles. The van der Waals surface area contributed by atoms with E-state index in [0.717, 1.165) is 0 Å². The zero-order chi connectivity index (χ0) is 19.6. The van der Waals surface area contributed by atoms with Gasteiger partial charge in [0.25, 0.3) is 5.91 Å². The number of halogens is 1. The molecule has 0 unspecified atom stereocenters. The molecule has 7 nitrogen and oxygen atoms in total. The number of carbonyl (C=O) groups excluding carboxylic acids is 3. The monoisotopic (exact) mass is 375 g/mol. The Morgan fingerprint density at radius 1 is 1.26 bits per heavy atom. The molecule has 1 aliphatic rings. The summed E-state index contributed by atoms with van der Waals surface area (Å²) in [6.07, 6.45) is 2.33. The number of rotatable bonds is 3. The lowest BCUT2D eigenvalue weighted by Crippen LogP contribution is -2.46. The number of nitrogens with zero attached hydrogens (tertiary/aromatic N) is 2. The number of hydrogen-bond acceptors (Lipinski definition) is 4. The Bertz CT molecular complexity index is 884. The van der Waals surface area contributed by atoms with Crippen molar-refractivity contribution in [1.82, 2.24) is 14.8 Å². The molecule has 2 amide bonds. The SMILES string of the molecule is CCOC(=O)N1CCC(NC(=O)c2cn(C(C)=O)c3cc(F)ccc23)CC1. The molecule has 1 saturated heterocycles. The summed E-state index contributed by atoms with van der Waals surface area (Å²) < 4.78 is 19.8. The van der Waals surface area contributed by atoms with Crippen LogP contribution in [0.4, 0.5) is 9.18 Å². The second-order valence-electron chi connectivity index (χ2n) is 6.53. The van der Waals surface area contributed by atoms with Gasteiger partial charge in [-0.2, -0.15) is 0 Å². The van der Waals surface area contributed by atoms with Crippen LogP contribution in [-0.4, -0.2) is 53.1 Å². The van der Waals surface area contributed by atoms with Gasteiger partial charge in [-0.25, -0.2) is 9.18 Å². The maximum atomic E-state index is 13.6. The Kier molecular flexibility index (Phi) is 5.43. The molecule has 144 valence electrons. The first-order valence-corrected chi connectivity index (χ1v) is 8.94. The van der Waals surface area contributed by atoms with Crippen LogP contribution in [-0.2, 0) is 4.74 Å². The number of benzene rings is 1. The van der Waals surface area contributed by atoms with E-state index in [1.54, 1.807) is 11.8 Å². The number of likely N-dealkylation sites (tertiary alicyclic amines) is 1. The molecular formula is C19H22FN3O4. The van der Waals surface area contributed by atoms with E-state index in [9.17, 15) is 18.8 Å². The van der Waals surface area contributed by atoms with Gasteiger partial charge in [0.1, 0.15) is 5.82 Å². The Balaban J connectivity index is 1.72. The molecule has 1 N–H and O–H groups in total. The molecule has 0 atom stereocenters. The average Bonchev–Trinajstić information content (AvgIpc) is 3.01. The maximum Gasteiger partial charge on any atom is 0.409 e. The lowest BCUT2D eigenvalue weighted by atomic mass is 10.0. The fourth-order valence-electron chi connectivity index (χ4n) is 3.33. The number of hydrogen-bond donors (Lipinski definition) is 1. The van der Waals surface area contributed by atoms with E-state index in [4.69, 9.17) is 4.74 Å². The number of aromatic nitrogens is 1. The quantitative estimate of drug-likeness (QED) is 0.895. The van der Waals surface area contributed by atoms with E-state index in [-0.39, 0.29) is 23.9 Å². The lowest BCUT2D eigenvalue weighted by Gasteiger charge is -2.31. The van der Waals surface area contributed by atoms with Gasteiger partial charge in [0.2, 0.25) is 5.91 Å². The summed E-state index contributed by atoms with van der Waals surface area (Å²) in [5.74, 6) is -1.09. The van der Waals surface area contributed by atoms with E-state index >= 15 is 0 Å². The molecule has 0 radical (unpaired) electrons. The molecule has 1 fully saturated rings. The van der Waals surface area contributed by atoms with Crippen LogP contribution in [0.2, 0.25) is 0 Å². The van der Waals surface area contributed by atoms with Crippen LogP contribution in [0.5, 0.6) is 0 Å². The highest BCUT2D eigenvalue weighted by Gasteiger charge is 2.26. The number of piperidine rings is 1. The van der Waals surface area contributed by atoms with Crippen LogP contribution in [0.1, 0.15) is 41.8 Å². The van der Waals surface area contributed by atoms with Crippen molar-refractivity contribution in [3.63, 3.8) is 0 Å². The molecular weight excluding hydrogens is 353 g/mol. The van der Waals surface area contributed by atoms with Gasteiger partial charge in [0, 0.05) is 37.6 Å². The van der Waals surface area contributed by atoms with Gasteiger partial charge in [0.15, 0.2) is 0 Å². The summed E-state index contributed by atoms with van der Waals surface area (Å²) in [6, 6.07) is 3.93. The number of carbonyl (C=O) groups is 3. The van der Waals surface area contributed by atoms with Crippen molar-refractivity contribution in [1.29, 1.82) is 0 Å². The Labute approximate surface area is 156 Å². The highest BCUT2D eigenvalue weighted by Crippen LogP contribution is 2.23. The van der Waals surface area contributed by atoms with Crippen LogP contribution >= 0.6 is 0 Å². The fourth-order valence-corrected chi connectivity index (χ4v) is 3.33. The summed E-state index contributed by atoms with van der Waals surface area (Å²) in [7, 11) is 0. The van der Waals surface area contributed by atoms with Gasteiger partial charge in [-0.1, -0.05) is 0 Å². The third-order valence-electron chi connectivity index (χ3n) is 4.71. The predicted octanol–water partition coefficient (Wildman–Crippen LogP) is 2.79. The van der Waals surface area contributed by atoms with Crippen molar-refractivity contribution in [2.75, 3.05) is 19.7 Å². The standard InChI is InChI=1S/C19H22FN3O4/c1-3-27-19(26)22-8-6-14(7-9-22)21-18(25)16-11-23(12(2)24)17-10-13(20)4-5-15(16)17/h4-5,10-11,14H,3,6-9H2,1-2H3,(H,21,25). The Morgan fingerprint density at radius 3 is 2.59 bits per heavy atom. The van der Waals surface area contributed by atoms with E-state index in [0.29, 0.717) is 49.0 Å². The number of ether oxygens (including phenoxy) is 1. The lowest BCUT2D eigenvalue weighted by molar-refractivity contribution is 0.0861. The normalized spacial score (nSPS) is 15.0. The Hall–Kier alpha value is -2.90. The second kappa shape index (κ2) is 7.77. The molecule has 0 aliphatic carbocycles. The molecule has 0 spiro atoms. The summed E-state index contributed by atoms with van der Waals surface area (Å²) >= 11 is 0. The van der Waals surface area contributed by atoms with Gasteiger partial charge < -0.3 is 15.0 Å². The first kappa shape index (κ1) is 18.9. The van der Waals surface area contributed by atoms with Gasteiger partial charge in [0.05, 0.1) is 17.7 Å². The van der Waals surface area contributed by atoms with Gasteiger partial charge in [-0.3, -0.25) is 14.2 Å². The summed E-state index contributed by atoms with van der Waals surface area (Å²) in [5.41, 5.74) is 0.692. The van der Waals surface area contributed by atoms with Gasteiger partial charge in [-0.05, 0) is 38.0 Å². The highest BCUT2D eigenvalue weighted by atomic mass is 19.1. The number of amides is 2. The maximum absolute atomic E-state index is 13.6. The third kappa shape index (κ3) is 3.94. The predicted molar refractivity (Wildman–Crippen MR) is 97.3 cm³/mol. The zero-order valence-electron chi connectivity index (χ0n) is 15.3. The molecule has 1 aromatic carbocycles. The Morgan fingerprint density at radius 2 is 1.96 bits per heavy atom. The number of nitrogens with one attached hydrogen (secondary N) is 1. The highest BCUT2D eigenvalue weighted by molar-refractivity contribution is 6.09. The molecule has 2 aromatic rings. The van der Waals surface area contributed by atoms with Gasteiger partial charge >= 0.3 is 6.09 Å². The molecule has 0 bridgehead atoms. The summed E-state index contributed by atoms with van der Waals surface area (Å²) in [5, 5.41) is 3.47. The van der Waals surface area contributed by atoms with Crippen molar-refractivity contribution < 1.29 is 23.5 Å². The average molecular weight is 375 g/mol. The second-order valence-corrected chi connectivity index (χ2v) is 6.53. The molecule has 0 saturated carbocycles. The smallest absolute Gasteiger partial charge is 0.409 e. The summed E-state index contributed by atoms with van der Waals surface area (Å²) in [4.78, 5) is 37.9. The largest absolute Gasteiger partial charge is 0.450 e. The van der Waals surface area contributed by atoms with E-state index < -0.39 is 5.82 Å². The molecule has 2 heterocycles. The van der Waals surface area contributed by atoms with Crippen LogP contribution in [0.15, 0.2) is 24.4 Å². The van der Waals surface area contributed by atoms with E-state index in [1.165, 1.54) is 35.9 Å². The topological polar surface area (TPSA) is 80.6 Å². The van der Waals surface area contributed by atoms with Crippen LogP contribution < -0.4 is 5.32 Å². The van der Waals surface area contributed by atoms with Crippen molar-refractivity contribution >= 4 is 28.8 Å². The zero-order valence-corrected chi connectivity index (χ0v) is 15.3. The molecule has 8 heteroatoms. The van der Waals surface area contributed by atoms with Crippen molar-refractivity contribution in [2.24, 2.45) is 0 Å². The minimum Gasteiger partial charge on any atom is -0.450 e. The van der Waals surface area contributed by atoms with Crippen molar-refractivity contribution in [2.45, 2.75) is 32.7 Å². The van der Waals surface area contributed by atoms with Crippen LogP contribution in [0.25, 0.3) is 10.9 Å². The van der Waals surface area contributed by atoms with Gasteiger partial charge in [-0.15, -0.1) is 0 Å². The van der Waals surface area contributed by atoms with E-state index in [2.05, 4.69) is 5.32 Å².